The molecule has 1 unspecified atom stereocenters. The number of esters is 1. The number of rotatable bonds is 19. The molecule has 0 radical (unpaired) electrons. The first kappa shape index (κ1) is 25.2. The van der Waals surface area contributed by atoms with Crippen LogP contribution in [0.5, 0.6) is 0 Å². The second-order valence-corrected chi connectivity index (χ2v) is 8.06. The summed E-state index contributed by atoms with van der Waals surface area (Å²) in [6, 6.07) is 0. The minimum Gasteiger partial charge on any atom is -0.466 e. The number of hydrogen-bond acceptors (Lipinski definition) is 4. The predicted octanol–water partition coefficient (Wildman–Crippen LogP) is 6.50. The molecule has 0 aliphatic heterocycles. The van der Waals surface area contributed by atoms with Crippen molar-refractivity contribution < 1.29 is 14.3 Å². The van der Waals surface area contributed by atoms with Crippen LogP contribution in [-0.2, 0) is 14.3 Å². The standard InChI is InChI=1S/C22H40O3S/c1-3-5-6-7-8-9-10-11-12-13-14-15-17-21(20-23)26-19-16-18-22(24)25-4-2/h15,17,20-21H,3-14,16,18-19H2,1-2H3. The van der Waals surface area contributed by atoms with Crippen LogP contribution in [0.25, 0.3) is 0 Å². The molecule has 1 atom stereocenters. The lowest BCUT2D eigenvalue weighted by atomic mass is 10.1. The Morgan fingerprint density at radius 3 is 2.12 bits per heavy atom. The van der Waals surface area contributed by atoms with Crippen molar-refractivity contribution in [1.29, 1.82) is 0 Å². The molecular formula is C22H40O3S. The molecule has 152 valence electrons. The van der Waals surface area contributed by atoms with Gasteiger partial charge in [0.05, 0.1) is 11.9 Å². The molecule has 0 amide bonds. The molecule has 3 nitrogen and oxygen atoms in total. The first-order chi connectivity index (χ1) is 12.7. The SMILES string of the molecule is CCCCCCCCCCCCC=CC(C=O)SCCCC(=O)OCC. The zero-order valence-electron chi connectivity index (χ0n) is 17.0. The van der Waals surface area contributed by atoms with Gasteiger partial charge in [-0.25, -0.2) is 0 Å². The molecule has 0 bridgehead atoms. The molecule has 0 spiro atoms. The Kier molecular flexibility index (Phi) is 19.9. The Morgan fingerprint density at radius 1 is 0.923 bits per heavy atom. The first-order valence-corrected chi connectivity index (χ1v) is 11.7. The van der Waals surface area contributed by atoms with Gasteiger partial charge in [0.15, 0.2) is 0 Å². The van der Waals surface area contributed by atoms with Crippen molar-refractivity contribution in [2.75, 3.05) is 12.4 Å². The number of unbranched alkanes of at least 4 members (excludes halogenated alkanes) is 10. The molecule has 0 aliphatic rings. The molecule has 0 saturated carbocycles. The highest BCUT2D eigenvalue weighted by Gasteiger charge is 2.05. The summed E-state index contributed by atoms with van der Waals surface area (Å²) in [5, 5.41) is -0.0830. The van der Waals surface area contributed by atoms with E-state index in [1.165, 1.54) is 64.2 Å². The molecular weight excluding hydrogens is 344 g/mol. The molecule has 0 aromatic rings. The number of hydrogen-bond donors (Lipinski definition) is 0. The van der Waals surface area contributed by atoms with Gasteiger partial charge in [0.2, 0.25) is 0 Å². The topological polar surface area (TPSA) is 43.4 Å². The summed E-state index contributed by atoms with van der Waals surface area (Å²) in [7, 11) is 0. The van der Waals surface area contributed by atoms with Crippen molar-refractivity contribution in [3.63, 3.8) is 0 Å². The lowest BCUT2D eigenvalue weighted by Gasteiger charge is -2.05. The monoisotopic (exact) mass is 384 g/mol. The zero-order valence-corrected chi connectivity index (χ0v) is 17.9. The second-order valence-electron chi connectivity index (χ2n) is 6.78. The van der Waals surface area contributed by atoms with Gasteiger partial charge < -0.3 is 9.53 Å². The summed E-state index contributed by atoms with van der Waals surface area (Å²) in [5.74, 6) is 0.664. The summed E-state index contributed by atoms with van der Waals surface area (Å²) in [6.45, 7) is 4.51. The van der Waals surface area contributed by atoms with Crippen LogP contribution in [-0.4, -0.2) is 29.9 Å². The second kappa shape index (κ2) is 20.5. The van der Waals surface area contributed by atoms with Crippen molar-refractivity contribution in [2.24, 2.45) is 0 Å². The summed E-state index contributed by atoms with van der Waals surface area (Å²) in [6.07, 6.45) is 20.9. The van der Waals surface area contributed by atoms with Crippen LogP contribution >= 0.6 is 11.8 Å². The van der Waals surface area contributed by atoms with Crippen molar-refractivity contribution in [3.8, 4) is 0 Å². The summed E-state index contributed by atoms with van der Waals surface area (Å²) >= 11 is 1.60. The largest absolute Gasteiger partial charge is 0.466 e. The number of carbonyl (C=O) groups is 2. The minimum absolute atomic E-state index is 0.0830. The minimum atomic E-state index is -0.146. The number of thioether (sulfide) groups is 1. The van der Waals surface area contributed by atoms with Crippen LogP contribution in [0.3, 0.4) is 0 Å². The smallest absolute Gasteiger partial charge is 0.305 e. The predicted molar refractivity (Wildman–Crippen MR) is 114 cm³/mol. The molecule has 0 fully saturated rings. The quantitative estimate of drug-likeness (QED) is 0.110. The van der Waals surface area contributed by atoms with Gasteiger partial charge in [0.25, 0.3) is 0 Å². The van der Waals surface area contributed by atoms with Gasteiger partial charge in [-0.3, -0.25) is 4.79 Å². The number of ether oxygens (including phenoxy) is 1. The summed E-state index contributed by atoms with van der Waals surface area (Å²) < 4.78 is 4.89. The highest BCUT2D eigenvalue weighted by molar-refractivity contribution is 8.00. The van der Waals surface area contributed by atoms with Gasteiger partial charge >= 0.3 is 5.97 Å². The number of allylic oxidation sites excluding steroid dienone is 1. The molecule has 4 heteroatoms. The average Bonchev–Trinajstić information content (AvgIpc) is 2.64. The van der Waals surface area contributed by atoms with Crippen LogP contribution < -0.4 is 0 Å². The lowest BCUT2D eigenvalue weighted by Crippen LogP contribution is -2.05. The zero-order chi connectivity index (χ0) is 19.3. The van der Waals surface area contributed by atoms with Crippen LogP contribution in [0.4, 0.5) is 0 Å². The molecule has 0 heterocycles. The van der Waals surface area contributed by atoms with Gasteiger partial charge in [-0.05, 0) is 31.9 Å². The Balaban J connectivity index is 3.48. The van der Waals surface area contributed by atoms with E-state index in [4.69, 9.17) is 4.74 Å². The lowest BCUT2D eigenvalue weighted by molar-refractivity contribution is -0.143. The van der Waals surface area contributed by atoms with E-state index in [0.717, 1.165) is 24.9 Å². The number of aldehydes is 1. The molecule has 0 N–H and O–H groups in total. The molecule has 0 aromatic heterocycles. The Labute approximate surface area is 165 Å². The fourth-order valence-electron chi connectivity index (χ4n) is 2.79. The Hall–Kier alpha value is -0.770. The maximum absolute atomic E-state index is 11.2. The van der Waals surface area contributed by atoms with Crippen LogP contribution in [0, 0.1) is 0 Å². The Morgan fingerprint density at radius 2 is 1.54 bits per heavy atom. The summed E-state index contributed by atoms with van der Waals surface area (Å²) in [4.78, 5) is 22.3. The van der Waals surface area contributed by atoms with Crippen LogP contribution in [0.15, 0.2) is 12.2 Å². The maximum Gasteiger partial charge on any atom is 0.305 e. The van der Waals surface area contributed by atoms with E-state index in [2.05, 4.69) is 13.0 Å². The van der Waals surface area contributed by atoms with Crippen molar-refractivity contribution in [3.05, 3.63) is 12.2 Å². The fourth-order valence-corrected chi connectivity index (χ4v) is 3.67. The highest BCUT2D eigenvalue weighted by atomic mass is 32.2. The van der Waals surface area contributed by atoms with E-state index >= 15 is 0 Å². The van der Waals surface area contributed by atoms with E-state index in [1.54, 1.807) is 11.8 Å². The van der Waals surface area contributed by atoms with Crippen molar-refractivity contribution in [1.82, 2.24) is 0 Å². The highest BCUT2D eigenvalue weighted by Crippen LogP contribution is 2.15. The van der Waals surface area contributed by atoms with Gasteiger partial charge in [-0.1, -0.05) is 76.9 Å². The summed E-state index contributed by atoms with van der Waals surface area (Å²) in [5.41, 5.74) is 0. The third kappa shape index (κ3) is 18.0. The molecule has 0 saturated heterocycles. The maximum atomic E-state index is 11.2. The average molecular weight is 385 g/mol. The van der Waals surface area contributed by atoms with Crippen molar-refractivity contribution in [2.45, 2.75) is 103 Å². The molecule has 0 aliphatic carbocycles. The van der Waals surface area contributed by atoms with Gasteiger partial charge in [-0.2, -0.15) is 0 Å². The van der Waals surface area contributed by atoms with E-state index in [0.29, 0.717) is 13.0 Å². The van der Waals surface area contributed by atoms with E-state index in [9.17, 15) is 9.59 Å². The van der Waals surface area contributed by atoms with Crippen LogP contribution in [0.1, 0.15) is 97.3 Å². The van der Waals surface area contributed by atoms with E-state index < -0.39 is 0 Å². The van der Waals surface area contributed by atoms with Gasteiger partial charge in [-0.15, -0.1) is 11.8 Å². The fraction of sp³-hybridized carbons (Fsp3) is 0.818. The Bertz CT molecular complexity index is 355. The van der Waals surface area contributed by atoms with Crippen LogP contribution in [0.2, 0.25) is 0 Å². The third-order valence-electron chi connectivity index (χ3n) is 4.33. The molecule has 0 rings (SSSR count). The molecule has 26 heavy (non-hydrogen) atoms. The van der Waals surface area contributed by atoms with E-state index in [-0.39, 0.29) is 11.2 Å². The van der Waals surface area contributed by atoms with Gasteiger partial charge in [0.1, 0.15) is 6.29 Å². The molecule has 0 aromatic carbocycles. The normalized spacial score (nSPS) is 12.4. The first-order valence-electron chi connectivity index (χ1n) is 10.6. The van der Waals surface area contributed by atoms with Gasteiger partial charge in [0, 0.05) is 6.42 Å². The number of carbonyl (C=O) groups excluding carboxylic acids is 2. The van der Waals surface area contributed by atoms with Crippen molar-refractivity contribution >= 4 is 24.0 Å². The third-order valence-corrected chi connectivity index (χ3v) is 5.50. The van der Waals surface area contributed by atoms with E-state index in [1.807, 2.05) is 13.0 Å².